The van der Waals surface area contributed by atoms with Crippen molar-refractivity contribution >= 4 is 17.9 Å². The molecule has 1 saturated heterocycles. The summed E-state index contributed by atoms with van der Waals surface area (Å²) >= 11 is 0. The number of carbonyl (C=O) groups is 2. The fraction of sp³-hybridized carbons (Fsp3) is 0.292. The summed E-state index contributed by atoms with van der Waals surface area (Å²) in [4.78, 5) is 28.7. The van der Waals surface area contributed by atoms with Crippen molar-refractivity contribution in [3.05, 3.63) is 71.3 Å². The molecule has 2 aromatic rings. The first-order valence-corrected chi connectivity index (χ1v) is 10.2. The zero-order valence-electron chi connectivity index (χ0n) is 17.6. The first-order valence-electron chi connectivity index (χ1n) is 10.2. The Labute approximate surface area is 182 Å². The quantitative estimate of drug-likeness (QED) is 0.697. The molecular weight excluding hydrogens is 392 g/mol. The second kappa shape index (κ2) is 11.0. The number of piperazine rings is 1. The molecule has 0 atom stereocenters. The number of carbonyl (C=O) groups excluding carboxylic acids is 2. The summed E-state index contributed by atoms with van der Waals surface area (Å²) in [6.07, 6.45) is 3.30. The van der Waals surface area contributed by atoms with Crippen molar-refractivity contribution < 1.29 is 14.3 Å². The lowest BCUT2D eigenvalue weighted by atomic mass is 10.1. The van der Waals surface area contributed by atoms with Gasteiger partial charge in [-0.1, -0.05) is 12.1 Å². The van der Waals surface area contributed by atoms with E-state index in [0.717, 1.165) is 30.9 Å². The average Bonchev–Trinajstić information content (AvgIpc) is 2.83. The van der Waals surface area contributed by atoms with Gasteiger partial charge in [0.15, 0.2) is 0 Å². The van der Waals surface area contributed by atoms with Crippen LogP contribution in [0.4, 0.5) is 0 Å². The Morgan fingerprint density at radius 1 is 1.13 bits per heavy atom. The number of methoxy groups -OCH3 is 1. The summed E-state index contributed by atoms with van der Waals surface area (Å²) in [6, 6.07) is 16.2. The highest BCUT2D eigenvalue weighted by Gasteiger charge is 2.19. The van der Waals surface area contributed by atoms with Crippen LogP contribution >= 0.6 is 0 Å². The van der Waals surface area contributed by atoms with Gasteiger partial charge in [-0.15, -0.1) is 0 Å². The summed E-state index contributed by atoms with van der Waals surface area (Å²) in [6.45, 7) is 4.11. The Morgan fingerprint density at radius 2 is 1.87 bits per heavy atom. The topological polar surface area (TPSA) is 85.7 Å². The number of amides is 2. The van der Waals surface area contributed by atoms with Crippen LogP contribution < -0.4 is 10.1 Å². The molecule has 31 heavy (non-hydrogen) atoms. The van der Waals surface area contributed by atoms with Gasteiger partial charge in [0.2, 0.25) is 5.91 Å². The van der Waals surface area contributed by atoms with Crippen molar-refractivity contribution in [1.82, 2.24) is 15.1 Å². The van der Waals surface area contributed by atoms with Crippen LogP contribution in [0.1, 0.15) is 21.5 Å². The standard InChI is InChI=1S/C24H26N4O3/c1-31-22-8-6-21(7-9-22)24(30)26-11-12-27-13-15-28(16-14-27)23(29)10-5-19-3-2-4-20(17-19)18-25/h2-10,17H,11-16H2,1H3,(H,26,30)/b10-5+. The van der Waals surface area contributed by atoms with E-state index in [1.807, 2.05) is 11.0 Å². The molecule has 1 fully saturated rings. The Hall–Kier alpha value is -3.63. The highest BCUT2D eigenvalue weighted by Crippen LogP contribution is 2.11. The molecule has 0 radical (unpaired) electrons. The van der Waals surface area contributed by atoms with Crippen molar-refractivity contribution in [3.8, 4) is 11.8 Å². The van der Waals surface area contributed by atoms with Gasteiger partial charge in [-0.3, -0.25) is 14.5 Å². The predicted octanol–water partition coefficient (Wildman–Crippen LogP) is 2.15. The molecule has 7 nitrogen and oxygen atoms in total. The number of nitrogens with zero attached hydrogens (tertiary/aromatic N) is 3. The van der Waals surface area contributed by atoms with Crippen LogP contribution in [0.3, 0.4) is 0 Å². The third kappa shape index (κ3) is 6.43. The van der Waals surface area contributed by atoms with E-state index in [1.165, 1.54) is 0 Å². The van der Waals surface area contributed by atoms with E-state index in [0.29, 0.717) is 30.8 Å². The van der Waals surface area contributed by atoms with Crippen LogP contribution in [-0.2, 0) is 4.79 Å². The van der Waals surface area contributed by atoms with Crippen LogP contribution in [0.5, 0.6) is 5.75 Å². The maximum absolute atomic E-state index is 12.4. The van der Waals surface area contributed by atoms with Crippen LogP contribution in [0.25, 0.3) is 6.08 Å². The van der Waals surface area contributed by atoms with E-state index >= 15 is 0 Å². The monoisotopic (exact) mass is 418 g/mol. The molecule has 1 aliphatic rings. The third-order valence-corrected chi connectivity index (χ3v) is 5.18. The number of hydrogen-bond donors (Lipinski definition) is 1. The molecule has 0 bridgehead atoms. The SMILES string of the molecule is COc1ccc(C(=O)NCCN2CCN(C(=O)/C=C/c3cccc(C#N)c3)CC2)cc1. The van der Waals surface area contributed by atoms with Gasteiger partial charge in [-0.05, 0) is 48.0 Å². The van der Waals surface area contributed by atoms with Gasteiger partial charge in [-0.2, -0.15) is 5.26 Å². The Kier molecular flexibility index (Phi) is 7.79. The molecule has 0 aromatic heterocycles. The third-order valence-electron chi connectivity index (χ3n) is 5.18. The summed E-state index contributed by atoms with van der Waals surface area (Å²) in [5.74, 6) is 0.575. The lowest BCUT2D eigenvalue weighted by Gasteiger charge is -2.34. The molecule has 2 amide bonds. The van der Waals surface area contributed by atoms with E-state index in [2.05, 4.69) is 16.3 Å². The first kappa shape index (κ1) is 22.1. The normalized spacial score (nSPS) is 14.3. The van der Waals surface area contributed by atoms with Crippen LogP contribution in [0.15, 0.2) is 54.6 Å². The van der Waals surface area contributed by atoms with E-state index < -0.39 is 0 Å². The minimum Gasteiger partial charge on any atom is -0.497 e. The maximum atomic E-state index is 12.4. The Bertz CT molecular complexity index is 971. The fourth-order valence-electron chi connectivity index (χ4n) is 3.35. The van der Waals surface area contributed by atoms with Gasteiger partial charge < -0.3 is 15.0 Å². The second-order valence-corrected chi connectivity index (χ2v) is 7.22. The van der Waals surface area contributed by atoms with Gasteiger partial charge in [0.1, 0.15) is 5.75 Å². The molecule has 0 aliphatic carbocycles. The van der Waals surface area contributed by atoms with Gasteiger partial charge in [0, 0.05) is 50.9 Å². The zero-order chi connectivity index (χ0) is 22.1. The highest BCUT2D eigenvalue weighted by atomic mass is 16.5. The molecule has 1 heterocycles. The second-order valence-electron chi connectivity index (χ2n) is 7.22. The predicted molar refractivity (Wildman–Crippen MR) is 119 cm³/mol. The molecule has 3 rings (SSSR count). The van der Waals surface area contributed by atoms with E-state index in [1.54, 1.807) is 61.7 Å². The molecule has 0 saturated carbocycles. The number of nitrogens with one attached hydrogen (secondary N) is 1. The number of nitriles is 1. The summed E-state index contributed by atoms with van der Waals surface area (Å²) < 4.78 is 5.10. The first-order chi connectivity index (χ1) is 15.1. The molecular formula is C24H26N4O3. The van der Waals surface area contributed by atoms with Crippen molar-refractivity contribution in [3.63, 3.8) is 0 Å². The van der Waals surface area contributed by atoms with Crippen LogP contribution in [0, 0.1) is 11.3 Å². The van der Waals surface area contributed by atoms with Crippen molar-refractivity contribution in [1.29, 1.82) is 5.26 Å². The van der Waals surface area contributed by atoms with Gasteiger partial charge >= 0.3 is 0 Å². The molecule has 160 valence electrons. The number of hydrogen-bond acceptors (Lipinski definition) is 5. The fourth-order valence-corrected chi connectivity index (χ4v) is 3.35. The van der Waals surface area contributed by atoms with Gasteiger partial charge in [0.25, 0.3) is 5.91 Å². The zero-order valence-corrected chi connectivity index (χ0v) is 17.6. The lowest BCUT2D eigenvalue weighted by molar-refractivity contribution is -0.127. The van der Waals surface area contributed by atoms with Crippen molar-refractivity contribution in [2.75, 3.05) is 46.4 Å². The largest absolute Gasteiger partial charge is 0.497 e. The number of benzene rings is 2. The van der Waals surface area contributed by atoms with Crippen molar-refractivity contribution in [2.24, 2.45) is 0 Å². The summed E-state index contributed by atoms with van der Waals surface area (Å²) in [5.41, 5.74) is 2.00. The number of rotatable bonds is 7. The smallest absolute Gasteiger partial charge is 0.251 e. The minimum absolute atomic E-state index is 0.0326. The lowest BCUT2D eigenvalue weighted by Crippen LogP contribution is -2.49. The Balaban J connectivity index is 1.39. The minimum atomic E-state index is -0.109. The van der Waals surface area contributed by atoms with Crippen molar-refractivity contribution in [2.45, 2.75) is 0 Å². The van der Waals surface area contributed by atoms with Crippen LogP contribution in [-0.4, -0.2) is 68.0 Å². The van der Waals surface area contributed by atoms with E-state index in [9.17, 15) is 9.59 Å². The molecule has 1 aliphatic heterocycles. The molecule has 0 spiro atoms. The summed E-state index contributed by atoms with van der Waals surface area (Å²) in [7, 11) is 1.59. The molecule has 0 unspecified atom stereocenters. The highest BCUT2D eigenvalue weighted by molar-refractivity contribution is 5.94. The van der Waals surface area contributed by atoms with Gasteiger partial charge in [0.05, 0.1) is 18.7 Å². The van der Waals surface area contributed by atoms with Crippen LogP contribution in [0.2, 0.25) is 0 Å². The molecule has 1 N–H and O–H groups in total. The maximum Gasteiger partial charge on any atom is 0.251 e. The number of ether oxygens (including phenoxy) is 1. The molecule has 2 aromatic carbocycles. The average molecular weight is 418 g/mol. The Morgan fingerprint density at radius 3 is 2.55 bits per heavy atom. The molecule has 7 heteroatoms. The van der Waals surface area contributed by atoms with E-state index in [-0.39, 0.29) is 11.8 Å². The summed E-state index contributed by atoms with van der Waals surface area (Å²) in [5, 5.41) is 11.9. The van der Waals surface area contributed by atoms with E-state index in [4.69, 9.17) is 10.00 Å². The van der Waals surface area contributed by atoms with Gasteiger partial charge in [-0.25, -0.2) is 0 Å².